The van der Waals surface area contributed by atoms with Crippen molar-refractivity contribution in [2.75, 3.05) is 14.1 Å². The summed E-state index contributed by atoms with van der Waals surface area (Å²) in [6.07, 6.45) is 2.91. The van der Waals surface area contributed by atoms with Crippen LogP contribution in [0.15, 0.2) is 0 Å². The molecule has 0 bridgehead atoms. The molecule has 1 unspecified atom stereocenters. The molecule has 1 heterocycles. The smallest absolute Gasteiger partial charge is 1.00 e. The van der Waals surface area contributed by atoms with Crippen molar-refractivity contribution in [3.05, 3.63) is 15.6 Å². The monoisotopic (exact) mass is 234 g/mol. The number of hydrogen-bond acceptors (Lipinski definition) is 4. The summed E-state index contributed by atoms with van der Waals surface area (Å²) in [6, 6.07) is 0.527. The van der Waals surface area contributed by atoms with E-state index < -0.39 is 5.97 Å². The minimum absolute atomic E-state index is 0. The van der Waals surface area contributed by atoms with Crippen molar-refractivity contribution in [2.45, 2.75) is 25.3 Å². The topological polar surface area (TPSA) is 53.4 Å². The maximum atomic E-state index is 10.8. The van der Waals surface area contributed by atoms with E-state index in [1.807, 2.05) is 0 Å². The molecule has 2 rings (SSSR count). The van der Waals surface area contributed by atoms with Gasteiger partial charge in [-0.1, -0.05) is 0 Å². The maximum absolute atomic E-state index is 10.8. The normalized spacial score (nSPS) is 19.1. The maximum Gasteiger partial charge on any atom is 1.00 e. The summed E-state index contributed by atoms with van der Waals surface area (Å²) in [5.74, 6) is -0.907. The molecule has 84 valence electrons. The number of likely N-dealkylation sites (N-methyl/N-ethyl adjacent to an activating group) is 1. The van der Waals surface area contributed by atoms with Crippen LogP contribution in [-0.2, 0) is 12.8 Å². The minimum atomic E-state index is -0.907. The van der Waals surface area contributed by atoms with E-state index in [2.05, 4.69) is 24.0 Å². The first-order chi connectivity index (χ1) is 7.08. The van der Waals surface area contributed by atoms with Crippen LogP contribution in [-0.4, -0.2) is 41.1 Å². The summed E-state index contributed by atoms with van der Waals surface area (Å²) in [7, 11) is 4.13. The number of aromatic carboxylic acids is 1. The van der Waals surface area contributed by atoms with Crippen LogP contribution in [0.25, 0.3) is 0 Å². The molecule has 0 aliphatic heterocycles. The van der Waals surface area contributed by atoms with Crippen molar-refractivity contribution in [1.29, 1.82) is 0 Å². The molecule has 0 aromatic carbocycles. The van der Waals surface area contributed by atoms with Crippen LogP contribution in [0.2, 0.25) is 0 Å². The van der Waals surface area contributed by atoms with Gasteiger partial charge in [0.15, 0.2) is 0 Å². The molecule has 6 heteroatoms. The SMILES string of the molecule is CN(C)C1CCc2nc(C(=O)O)sc2C1.[H-].[Li+]. The van der Waals surface area contributed by atoms with Gasteiger partial charge < -0.3 is 11.4 Å². The quantitative estimate of drug-likeness (QED) is 0.625. The summed E-state index contributed by atoms with van der Waals surface area (Å²) in [5, 5.41) is 9.08. The third-order valence-electron chi connectivity index (χ3n) is 2.83. The van der Waals surface area contributed by atoms with Crippen molar-refractivity contribution >= 4 is 17.3 Å². The zero-order valence-corrected chi connectivity index (χ0v) is 10.7. The molecule has 4 nitrogen and oxygen atoms in total. The van der Waals surface area contributed by atoms with Crippen molar-refractivity contribution in [1.82, 2.24) is 9.88 Å². The second-order valence-electron chi connectivity index (χ2n) is 4.05. The van der Waals surface area contributed by atoms with E-state index in [-0.39, 0.29) is 25.3 Å². The average Bonchev–Trinajstić information content (AvgIpc) is 2.59. The van der Waals surface area contributed by atoms with E-state index in [9.17, 15) is 4.79 Å². The largest absolute Gasteiger partial charge is 1.00 e. The third kappa shape index (κ3) is 2.66. The predicted octanol–water partition coefficient (Wildman–Crippen LogP) is -1.62. The van der Waals surface area contributed by atoms with Gasteiger partial charge in [-0.3, -0.25) is 0 Å². The Balaban J connectivity index is 0.00000128. The Morgan fingerprint density at radius 2 is 2.31 bits per heavy atom. The van der Waals surface area contributed by atoms with Gasteiger partial charge in [0.05, 0.1) is 5.69 Å². The predicted molar refractivity (Wildman–Crippen MR) is 59.7 cm³/mol. The van der Waals surface area contributed by atoms with Crippen LogP contribution in [0.3, 0.4) is 0 Å². The Morgan fingerprint density at radius 3 is 2.88 bits per heavy atom. The zero-order chi connectivity index (χ0) is 11.0. The van der Waals surface area contributed by atoms with E-state index >= 15 is 0 Å². The molecule has 0 saturated carbocycles. The zero-order valence-electron chi connectivity index (χ0n) is 10.9. The van der Waals surface area contributed by atoms with Crippen LogP contribution < -0.4 is 18.9 Å². The number of carboxylic acid groups (broad SMARTS) is 1. The first kappa shape index (κ1) is 13.7. The standard InChI is InChI=1S/C10H14N2O2S.Li.H/c1-12(2)6-3-4-7-8(5-6)15-9(11-7)10(13)14;;/h6H,3-5H2,1-2H3,(H,13,14);;/q;+1;-1. The van der Waals surface area contributed by atoms with Crippen molar-refractivity contribution in [2.24, 2.45) is 0 Å². The Bertz CT molecular complexity index is 398. The fourth-order valence-electron chi connectivity index (χ4n) is 1.89. The van der Waals surface area contributed by atoms with Crippen molar-refractivity contribution in [3.63, 3.8) is 0 Å². The number of carboxylic acids is 1. The van der Waals surface area contributed by atoms with E-state index in [0.717, 1.165) is 29.8 Å². The van der Waals surface area contributed by atoms with E-state index in [0.29, 0.717) is 6.04 Å². The summed E-state index contributed by atoms with van der Waals surface area (Å²) in [4.78, 5) is 18.3. The number of aryl methyl sites for hydroxylation is 1. The van der Waals surface area contributed by atoms with Crippen LogP contribution in [0, 0.1) is 0 Å². The Morgan fingerprint density at radius 1 is 1.62 bits per heavy atom. The van der Waals surface area contributed by atoms with Gasteiger partial charge in [-0.15, -0.1) is 11.3 Å². The number of rotatable bonds is 2. The Labute approximate surface area is 112 Å². The van der Waals surface area contributed by atoms with Gasteiger partial charge in [0.1, 0.15) is 0 Å². The van der Waals surface area contributed by atoms with Crippen molar-refractivity contribution in [3.8, 4) is 0 Å². The molecule has 16 heavy (non-hydrogen) atoms. The first-order valence-corrected chi connectivity index (χ1v) is 5.78. The number of fused-ring (bicyclic) bond motifs is 1. The molecule has 0 fully saturated rings. The average molecular weight is 234 g/mol. The summed E-state index contributed by atoms with van der Waals surface area (Å²) in [6.45, 7) is 0. The van der Waals surface area contributed by atoms with Gasteiger partial charge in [-0.05, 0) is 33.4 Å². The molecule has 0 radical (unpaired) electrons. The molecule has 1 aromatic heterocycles. The number of aromatic nitrogens is 1. The molecule has 1 aromatic rings. The summed E-state index contributed by atoms with van der Waals surface area (Å²) < 4.78 is 0. The van der Waals surface area contributed by atoms with Crippen LogP contribution >= 0.6 is 11.3 Å². The van der Waals surface area contributed by atoms with Gasteiger partial charge in [0, 0.05) is 10.9 Å². The molecule has 1 atom stereocenters. The number of carbonyl (C=O) groups is 1. The summed E-state index contributed by atoms with van der Waals surface area (Å²) in [5.41, 5.74) is 0.996. The molecular formula is C10H15LiN2O2S. The fourth-order valence-corrected chi connectivity index (χ4v) is 2.91. The second-order valence-corrected chi connectivity index (χ2v) is 5.14. The van der Waals surface area contributed by atoms with E-state index in [4.69, 9.17) is 5.11 Å². The second kappa shape index (κ2) is 5.33. The number of thiazole rings is 1. The van der Waals surface area contributed by atoms with Crippen LogP contribution in [0.5, 0.6) is 0 Å². The van der Waals surface area contributed by atoms with Gasteiger partial charge in [-0.25, -0.2) is 9.78 Å². The van der Waals surface area contributed by atoms with Crippen LogP contribution in [0.1, 0.15) is 28.2 Å². The van der Waals surface area contributed by atoms with Crippen LogP contribution in [0.4, 0.5) is 0 Å². The molecule has 0 amide bonds. The van der Waals surface area contributed by atoms with Crippen molar-refractivity contribution < 1.29 is 30.2 Å². The Kier molecular flexibility index (Phi) is 4.57. The van der Waals surface area contributed by atoms with Gasteiger partial charge in [-0.2, -0.15) is 0 Å². The van der Waals surface area contributed by atoms with E-state index in [1.165, 1.54) is 11.3 Å². The van der Waals surface area contributed by atoms with Gasteiger partial charge in [0.25, 0.3) is 0 Å². The summed E-state index contributed by atoms with van der Waals surface area (Å²) >= 11 is 1.33. The number of hydrogen-bond donors (Lipinski definition) is 1. The first-order valence-electron chi connectivity index (χ1n) is 4.96. The van der Waals surface area contributed by atoms with Gasteiger partial charge in [0.2, 0.25) is 5.01 Å². The minimum Gasteiger partial charge on any atom is -1.00 e. The molecule has 1 N–H and O–H groups in total. The molecule has 1 aliphatic carbocycles. The molecular weight excluding hydrogens is 219 g/mol. The number of nitrogens with zero attached hydrogens (tertiary/aromatic N) is 2. The molecule has 1 aliphatic rings. The molecule has 0 spiro atoms. The van der Waals surface area contributed by atoms with E-state index in [1.54, 1.807) is 0 Å². The van der Waals surface area contributed by atoms with Gasteiger partial charge >= 0.3 is 24.8 Å². The fraction of sp³-hybridized carbons (Fsp3) is 0.600. The third-order valence-corrected chi connectivity index (χ3v) is 3.93. The Hall–Kier alpha value is -0.343. The molecule has 0 saturated heterocycles.